The fourth-order valence-corrected chi connectivity index (χ4v) is 6.89. The van der Waals surface area contributed by atoms with Gasteiger partial charge in [-0.05, 0) is 64.2 Å². The molecule has 0 saturated carbocycles. The van der Waals surface area contributed by atoms with Crippen LogP contribution in [0.4, 0.5) is 22.0 Å². The molecule has 4 aromatic rings. The average Bonchev–Trinajstić information content (AvgIpc) is 3.21. The zero-order chi connectivity index (χ0) is 30.0. The van der Waals surface area contributed by atoms with Crippen LogP contribution in [0, 0.1) is 19.7 Å². The molecule has 220 valence electrons. The van der Waals surface area contributed by atoms with Crippen LogP contribution in [-0.2, 0) is 4.79 Å². The molecule has 0 bridgehead atoms. The van der Waals surface area contributed by atoms with E-state index in [1.807, 2.05) is 43.9 Å². The molecule has 42 heavy (non-hydrogen) atoms. The van der Waals surface area contributed by atoms with Crippen LogP contribution in [0.1, 0.15) is 18.1 Å². The molecular formula is C30H35FIN9O. The Hall–Kier alpha value is -3.52. The number of piperazine rings is 1. The molecule has 2 saturated heterocycles. The van der Waals surface area contributed by atoms with E-state index in [0.29, 0.717) is 54.2 Å². The van der Waals surface area contributed by atoms with E-state index in [4.69, 9.17) is 15.7 Å². The van der Waals surface area contributed by atoms with Crippen molar-refractivity contribution < 1.29 is 9.18 Å². The third-order valence-electron chi connectivity index (χ3n) is 8.65. The summed E-state index contributed by atoms with van der Waals surface area (Å²) in [5.74, 6) is 1.13. The number of anilines is 3. The number of nitrogens with zero attached hydrogens (tertiary/aromatic N) is 8. The first-order valence-corrected chi connectivity index (χ1v) is 15.0. The summed E-state index contributed by atoms with van der Waals surface area (Å²) in [5, 5.41) is 5.84. The van der Waals surface area contributed by atoms with Crippen molar-refractivity contribution in [2.75, 3.05) is 62.4 Å². The zero-order valence-corrected chi connectivity index (χ0v) is 26.7. The minimum atomic E-state index is -0.389. The SMILES string of the molecule is C=CC(=O)N1CCN(c2nc(N3CC(N(C)C)C3)nc3c(F)c(-c4c(C)ccc5c(N)nn(I)c45)c(C)cc23)C[C@H]1C. The summed E-state index contributed by atoms with van der Waals surface area (Å²) in [6, 6.07) is 6.21. The molecule has 2 aliphatic heterocycles. The lowest BCUT2D eigenvalue weighted by molar-refractivity contribution is -0.128. The molecule has 6 rings (SSSR count). The summed E-state index contributed by atoms with van der Waals surface area (Å²) in [6.07, 6.45) is 1.35. The van der Waals surface area contributed by atoms with Gasteiger partial charge in [0.05, 0.1) is 28.4 Å². The van der Waals surface area contributed by atoms with Crippen LogP contribution in [0.3, 0.4) is 0 Å². The largest absolute Gasteiger partial charge is 0.382 e. The number of aromatic nitrogens is 4. The van der Waals surface area contributed by atoms with Gasteiger partial charge >= 0.3 is 0 Å². The number of hydrogen-bond acceptors (Lipinski definition) is 8. The lowest BCUT2D eigenvalue weighted by Crippen LogP contribution is -2.58. The van der Waals surface area contributed by atoms with Crippen LogP contribution in [0.15, 0.2) is 30.9 Å². The Balaban J connectivity index is 1.54. The Kier molecular flexibility index (Phi) is 7.24. The van der Waals surface area contributed by atoms with Crippen molar-refractivity contribution >= 4 is 68.2 Å². The Morgan fingerprint density at radius 3 is 2.50 bits per heavy atom. The van der Waals surface area contributed by atoms with Crippen molar-refractivity contribution in [1.82, 2.24) is 27.8 Å². The van der Waals surface area contributed by atoms with E-state index in [9.17, 15) is 4.79 Å². The molecule has 0 unspecified atom stereocenters. The molecule has 2 aromatic carbocycles. The summed E-state index contributed by atoms with van der Waals surface area (Å²) in [6.45, 7) is 12.8. The van der Waals surface area contributed by atoms with Crippen molar-refractivity contribution in [1.29, 1.82) is 0 Å². The number of fused-ring (bicyclic) bond motifs is 2. The summed E-state index contributed by atoms with van der Waals surface area (Å²) >= 11 is 2.09. The third-order valence-corrected chi connectivity index (χ3v) is 9.35. The molecular weight excluding hydrogens is 648 g/mol. The van der Waals surface area contributed by atoms with Gasteiger partial charge in [-0.2, -0.15) is 4.98 Å². The number of carbonyl (C=O) groups excluding carboxylic acids is 1. The highest BCUT2D eigenvalue weighted by molar-refractivity contribution is 14.1. The number of nitrogens with two attached hydrogens (primary N) is 1. The molecule has 2 aliphatic rings. The number of hydrogen-bond donors (Lipinski definition) is 1. The van der Waals surface area contributed by atoms with Gasteiger partial charge in [-0.3, -0.25) is 4.79 Å². The van der Waals surface area contributed by atoms with E-state index in [1.54, 1.807) is 2.90 Å². The smallest absolute Gasteiger partial charge is 0.246 e. The van der Waals surface area contributed by atoms with E-state index in [2.05, 4.69) is 63.3 Å². The maximum Gasteiger partial charge on any atom is 0.246 e. The molecule has 1 amide bonds. The first-order chi connectivity index (χ1) is 20.0. The molecule has 2 aromatic heterocycles. The summed E-state index contributed by atoms with van der Waals surface area (Å²) < 4.78 is 18.7. The van der Waals surface area contributed by atoms with Gasteiger partial charge in [0.2, 0.25) is 11.9 Å². The molecule has 2 N–H and O–H groups in total. The highest BCUT2D eigenvalue weighted by Crippen LogP contribution is 2.42. The van der Waals surface area contributed by atoms with Crippen LogP contribution >= 0.6 is 22.9 Å². The highest BCUT2D eigenvalue weighted by atomic mass is 127. The van der Waals surface area contributed by atoms with E-state index in [-0.39, 0.29) is 23.3 Å². The van der Waals surface area contributed by atoms with Crippen LogP contribution in [-0.4, -0.2) is 92.6 Å². The number of nitrogen functional groups attached to an aromatic ring is 1. The fourth-order valence-electron chi connectivity index (χ4n) is 6.16. The van der Waals surface area contributed by atoms with Crippen LogP contribution in [0.2, 0.25) is 0 Å². The van der Waals surface area contributed by atoms with E-state index >= 15 is 4.39 Å². The highest BCUT2D eigenvalue weighted by Gasteiger charge is 2.34. The minimum absolute atomic E-state index is 0.0558. The Morgan fingerprint density at radius 1 is 1.10 bits per heavy atom. The fraction of sp³-hybridized carbons (Fsp3) is 0.400. The summed E-state index contributed by atoms with van der Waals surface area (Å²) in [5.41, 5.74) is 10.2. The van der Waals surface area contributed by atoms with Crippen LogP contribution < -0.4 is 15.5 Å². The molecule has 4 heterocycles. The van der Waals surface area contributed by atoms with Gasteiger partial charge in [-0.15, -0.1) is 5.10 Å². The third kappa shape index (κ3) is 4.55. The molecule has 1 atom stereocenters. The van der Waals surface area contributed by atoms with E-state index in [1.165, 1.54) is 6.08 Å². The number of rotatable bonds is 5. The Bertz CT molecular complexity index is 1750. The average molecular weight is 684 g/mol. The molecule has 10 nitrogen and oxygen atoms in total. The lowest BCUT2D eigenvalue weighted by Gasteiger charge is -2.43. The molecule has 0 aliphatic carbocycles. The van der Waals surface area contributed by atoms with Crippen LogP contribution in [0.5, 0.6) is 0 Å². The molecule has 0 radical (unpaired) electrons. The monoisotopic (exact) mass is 683 g/mol. The number of amides is 1. The second-order valence-electron chi connectivity index (χ2n) is 11.6. The number of likely N-dealkylation sites (N-methyl/N-ethyl adjacent to an activating group) is 1. The van der Waals surface area contributed by atoms with Crippen LogP contribution in [0.25, 0.3) is 32.9 Å². The molecule has 2 fully saturated rings. The predicted octanol–water partition coefficient (Wildman–Crippen LogP) is 4.16. The molecule has 0 spiro atoms. The standard InChI is InChI=1S/C30H35FIN9O/c1-7-22(42)40-11-10-38(13-18(40)4)29-21-12-17(3)23(24-16(2)8-9-20-27(24)41(32)36-28(20)33)25(31)26(21)34-30(35-29)39-14-19(15-39)37(5)6/h7-9,12,18-19H,1,10-11,13-15H2,2-6H3,(H2,33,36)/t18-/m1/s1. The van der Waals surface area contributed by atoms with Crippen molar-refractivity contribution in [3.8, 4) is 11.1 Å². The van der Waals surface area contributed by atoms with Crippen molar-refractivity contribution in [3.05, 3.63) is 47.8 Å². The summed E-state index contributed by atoms with van der Waals surface area (Å²) in [7, 11) is 4.12. The number of halogens is 2. The van der Waals surface area contributed by atoms with Crippen molar-refractivity contribution in [2.45, 2.75) is 32.9 Å². The topological polar surface area (TPSA) is 99.7 Å². The minimum Gasteiger partial charge on any atom is -0.382 e. The van der Waals surface area contributed by atoms with Crippen molar-refractivity contribution in [2.24, 2.45) is 0 Å². The first kappa shape index (κ1) is 28.6. The van der Waals surface area contributed by atoms with Gasteiger partial charge in [0.15, 0.2) is 11.6 Å². The maximum atomic E-state index is 17.0. The Labute approximate surface area is 258 Å². The van der Waals surface area contributed by atoms with E-state index < -0.39 is 0 Å². The maximum absolute atomic E-state index is 17.0. The zero-order valence-electron chi connectivity index (χ0n) is 24.5. The van der Waals surface area contributed by atoms with E-state index in [0.717, 1.165) is 40.7 Å². The Morgan fingerprint density at radius 2 is 1.83 bits per heavy atom. The quantitative estimate of drug-likeness (QED) is 0.248. The summed E-state index contributed by atoms with van der Waals surface area (Å²) in [4.78, 5) is 30.5. The second kappa shape index (κ2) is 10.6. The number of carbonyl (C=O) groups is 1. The number of benzene rings is 2. The predicted molar refractivity (Wildman–Crippen MR) is 175 cm³/mol. The first-order valence-electron chi connectivity index (χ1n) is 14.0. The van der Waals surface area contributed by atoms with Gasteiger partial charge in [0.25, 0.3) is 0 Å². The normalized spacial score (nSPS) is 17.9. The second-order valence-corrected chi connectivity index (χ2v) is 12.5. The van der Waals surface area contributed by atoms with Crippen molar-refractivity contribution in [3.63, 3.8) is 0 Å². The van der Waals surface area contributed by atoms with Gasteiger partial charge in [-0.25, -0.2) is 12.3 Å². The van der Waals surface area contributed by atoms with Gasteiger partial charge in [0, 0.05) is 66.7 Å². The number of aryl methyl sites for hydroxylation is 2. The van der Waals surface area contributed by atoms with Gasteiger partial charge in [0.1, 0.15) is 11.3 Å². The lowest BCUT2D eigenvalue weighted by atomic mass is 9.92. The van der Waals surface area contributed by atoms with Gasteiger partial charge in [-0.1, -0.05) is 12.6 Å². The van der Waals surface area contributed by atoms with Gasteiger partial charge < -0.3 is 25.3 Å². The molecule has 12 heteroatoms.